The van der Waals surface area contributed by atoms with Crippen molar-refractivity contribution in [3.8, 4) is 0 Å². The van der Waals surface area contributed by atoms with Gasteiger partial charge in [0.25, 0.3) is 5.91 Å². The minimum atomic E-state index is -4.11. The fraction of sp³-hybridized carbons (Fsp3) is 0.500. The van der Waals surface area contributed by atoms with Crippen LogP contribution >= 0.6 is 11.6 Å². The van der Waals surface area contributed by atoms with Crippen LogP contribution < -0.4 is 10.6 Å². The largest absolute Gasteiger partial charge is 0.390 e. The SMILES string of the molecule is O=C(Nc1cc(F)c(F)c(F)c1)c1ccc(Cl)c(S(=O)(=O)C2CC3CC[C@@H](C2)C3(O)CNC(=O)C2CC(O)C(O)C2)c1. The molecule has 2 bridgehead atoms. The number of amides is 2. The van der Waals surface area contributed by atoms with Gasteiger partial charge in [-0.2, -0.15) is 0 Å². The number of halogens is 4. The van der Waals surface area contributed by atoms with Crippen LogP contribution in [0.15, 0.2) is 35.2 Å². The Morgan fingerprint density at radius 1 is 0.952 bits per heavy atom. The van der Waals surface area contributed by atoms with Gasteiger partial charge in [0.1, 0.15) is 0 Å². The van der Waals surface area contributed by atoms with Gasteiger partial charge in [0.05, 0.1) is 33.0 Å². The number of carbonyl (C=O) groups is 2. The van der Waals surface area contributed by atoms with Crippen LogP contribution in [0.3, 0.4) is 0 Å². The van der Waals surface area contributed by atoms with E-state index in [1.165, 1.54) is 12.1 Å². The molecule has 5 N–H and O–H groups in total. The van der Waals surface area contributed by atoms with E-state index >= 15 is 0 Å². The van der Waals surface area contributed by atoms with E-state index in [1.807, 2.05) is 0 Å². The average molecular weight is 631 g/mol. The van der Waals surface area contributed by atoms with Crippen LogP contribution in [0.25, 0.3) is 0 Å². The zero-order valence-electron chi connectivity index (χ0n) is 22.2. The highest BCUT2D eigenvalue weighted by molar-refractivity contribution is 7.92. The molecule has 2 amide bonds. The minimum absolute atomic E-state index is 0.0857. The predicted octanol–water partition coefficient (Wildman–Crippen LogP) is 2.95. The molecular formula is C28H30ClF3N2O7S. The van der Waals surface area contributed by atoms with Gasteiger partial charge in [-0.1, -0.05) is 11.6 Å². The summed E-state index contributed by atoms with van der Waals surface area (Å²) in [7, 11) is -4.11. The van der Waals surface area contributed by atoms with Crippen molar-refractivity contribution < 1.29 is 46.5 Å². The number of hydrogen-bond acceptors (Lipinski definition) is 7. The molecule has 3 saturated carbocycles. The Morgan fingerprint density at radius 2 is 1.52 bits per heavy atom. The van der Waals surface area contributed by atoms with E-state index in [0.29, 0.717) is 25.0 Å². The summed E-state index contributed by atoms with van der Waals surface area (Å²) in [6.45, 7) is -0.0857. The zero-order chi connectivity index (χ0) is 30.6. The fourth-order valence-corrected chi connectivity index (χ4v) is 9.01. The monoisotopic (exact) mass is 630 g/mol. The summed E-state index contributed by atoms with van der Waals surface area (Å²) in [5.74, 6) is -7.46. The van der Waals surface area contributed by atoms with Crippen LogP contribution in [0, 0.1) is 35.2 Å². The van der Waals surface area contributed by atoms with Crippen molar-refractivity contribution >= 4 is 38.9 Å². The van der Waals surface area contributed by atoms with Gasteiger partial charge in [0.15, 0.2) is 27.3 Å². The Kier molecular flexibility index (Phi) is 8.36. The summed E-state index contributed by atoms with van der Waals surface area (Å²) < 4.78 is 67.9. The maximum atomic E-state index is 13.7. The maximum Gasteiger partial charge on any atom is 0.255 e. The van der Waals surface area contributed by atoms with Crippen molar-refractivity contribution in [2.24, 2.45) is 17.8 Å². The van der Waals surface area contributed by atoms with E-state index in [-0.39, 0.29) is 59.3 Å². The molecule has 0 saturated heterocycles. The van der Waals surface area contributed by atoms with E-state index in [2.05, 4.69) is 10.6 Å². The molecule has 3 fully saturated rings. The van der Waals surface area contributed by atoms with Gasteiger partial charge in [0.2, 0.25) is 5.91 Å². The molecule has 5 unspecified atom stereocenters. The average Bonchev–Trinajstić information content (AvgIpc) is 3.31. The van der Waals surface area contributed by atoms with Crippen LogP contribution in [-0.2, 0) is 14.6 Å². The number of aliphatic hydroxyl groups excluding tert-OH is 2. The smallest absolute Gasteiger partial charge is 0.255 e. The number of benzene rings is 2. The van der Waals surface area contributed by atoms with Gasteiger partial charge in [-0.05, 0) is 68.6 Å². The molecule has 3 aliphatic carbocycles. The van der Waals surface area contributed by atoms with Gasteiger partial charge in [-0.25, -0.2) is 21.6 Å². The maximum absolute atomic E-state index is 13.7. The van der Waals surface area contributed by atoms with Crippen LogP contribution in [0.4, 0.5) is 18.9 Å². The Labute approximate surface area is 245 Å². The second-order valence-electron chi connectivity index (χ2n) is 11.5. The summed E-state index contributed by atoms with van der Waals surface area (Å²) in [5.41, 5.74) is -1.86. The Hall–Kier alpha value is -2.71. The molecule has 0 aromatic heterocycles. The van der Waals surface area contributed by atoms with Crippen molar-refractivity contribution in [3.63, 3.8) is 0 Å². The van der Waals surface area contributed by atoms with Gasteiger partial charge < -0.3 is 26.0 Å². The van der Waals surface area contributed by atoms with Crippen LogP contribution in [-0.4, -0.2) is 65.2 Å². The quantitative estimate of drug-likeness (QED) is 0.295. The first kappa shape index (κ1) is 30.7. The molecule has 3 aliphatic rings. The van der Waals surface area contributed by atoms with E-state index in [1.54, 1.807) is 0 Å². The van der Waals surface area contributed by atoms with Crippen LogP contribution in [0.2, 0.25) is 5.02 Å². The van der Waals surface area contributed by atoms with Crippen molar-refractivity contribution in [2.45, 2.75) is 66.5 Å². The number of sulfone groups is 1. The van der Waals surface area contributed by atoms with E-state index in [4.69, 9.17) is 11.6 Å². The molecule has 2 aromatic rings. The lowest BCUT2D eigenvalue weighted by Gasteiger charge is -2.42. The summed E-state index contributed by atoms with van der Waals surface area (Å²) in [4.78, 5) is 25.1. The lowest BCUT2D eigenvalue weighted by Crippen LogP contribution is -2.55. The summed E-state index contributed by atoms with van der Waals surface area (Å²) >= 11 is 6.25. The van der Waals surface area contributed by atoms with Crippen molar-refractivity contribution in [3.05, 3.63) is 58.4 Å². The number of hydrogen-bond donors (Lipinski definition) is 5. The molecule has 9 nitrogen and oxygen atoms in total. The number of aliphatic hydroxyl groups is 3. The molecule has 228 valence electrons. The first-order chi connectivity index (χ1) is 19.7. The summed E-state index contributed by atoms with van der Waals surface area (Å²) in [5, 5.41) is 34.9. The Balaban J connectivity index is 1.29. The van der Waals surface area contributed by atoms with Crippen molar-refractivity contribution in [1.82, 2.24) is 5.32 Å². The van der Waals surface area contributed by atoms with Gasteiger partial charge in [0, 0.05) is 35.8 Å². The van der Waals surface area contributed by atoms with Gasteiger partial charge in [-0.3, -0.25) is 9.59 Å². The highest BCUT2D eigenvalue weighted by atomic mass is 35.5. The van der Waals surface area contributed by atoms with Crippen LogP contribution in [0.1, 0.15) is 48.9 Å². The fourth-order valence-electron chi connectivity index (χ4n) is 6.61. The molecule has 0 radical (unpaired) electrons. The third-order valence-corrected chi connectivity index (χ3v) is 11.6. The number of nitrogens with one attached hydrogen (secondary N) is 2. The second kappa shape index (κ2) is 11.4. The Bertz CT molecular complexity index is 1480. The molecule has 0 heterocycles. The number of fused-ring (bicyclic) bond motifs is 2. The molecule has 42 heavy (non-hydrogen) atoms. The van der Waals surface area contributed by atoms with Crippen LogP contribution in [0.5, 0.6) is 0 Å². The molecule has 0 aliphatic heterocycles. The van der Waals surface area contributed by atoms with Crippen molar-refractivity contribution in [2.75, 3.05) is 11.9 Å². The van der Waals surface area contributed by atoms with Crippen molar-refractivity contribution in [1.29, 1.82) is 0 Å². The zero-order valence-corrected chi connectivity index (χ0v) is 23.8. The molecule has 0 spiro atoms. The third-order valence-electron chi connectivity index (χ3n) is 8.97. The standard InChI is InChI=1S/C28H30ClF3N2O7S/c29-19-4-1-13(27(38)34-17-10-20(30)25(32)21(31)11-17)7-24(19)42(40,41)18-8-15-2-3-16(9-18)28(15,39)12-33-26(37)14-5-22(35)23(36)6-14/h1,4,7,10-11,14-16,18,22-23,35-36,39H,2-3,5-6,8-9,12H2,(H,33,37)(H,34,38)/t14?,15-,16?,18?,22?,23?,28?/m0/s1. The third kappa shape index (κ3) is 5.64. The van der Waals surface area contributed by atoms with E-state index in [9.17, 15) is 46.5 Å². The molecular weight excluding hydrogens is 601 g/mol. The van der Waals surface area contributed by atoms with E-state index < -0.39 is 74.0 Å². The molecule has 6 atom stereocenters. The molecule has 5 rings (SSSR count). The summed E-state index contributed by atoms with van der Waals surface area (Å²) in [6.07, 6.45) is -0.449. The molecule has 14 heteroatoms. The minimum Gasteiger partial charge on any atom is -0.390 e. The number of carbonyl (C=O) groups excluding carboxylic acids is 2. The number of anilines is 1. The lowest BCUT2D eigenvalue weighted by molar-refractivity contribution is -0.128. The first-order valence-electron chi connectivity index (χ1n) is 13.6. The highest BCUT2D eigenvalue weighted by Crippen LogP contribution is 2.52. The van der Waals surface area contributed by atoms with Gasteiger partial charge in [-0.15, -0.1) is 0 Å². The predicted molar refractivity (Wildman–Crippen MR) is 145 cm³/mol. The topological polar surface area (TPSA) is 153 Å². The number of rotatable bonds is 7. The van der Waals surface area contributed by atoms with Gasteiger partial charge >= 0.3 is 0 Å². The lowest BCUT2D eigenvalue weighted by atomic mass is 9.74. The van der Waals surface area contributed by atoms with E-state index in [0.717, 1.165) is 6.07 Å². The first-order valence-corrected chi connectivity index (χ1v) is 15.5. The highest BCUT2D eigenvalue weighted by Gasteiger charge is 2.56. The normalized spacial score (nSPS) is 30.7. The Morgan fingerprint density at radius 3 is 2.10 bits per heavy atom. The molecule has 2 aromatic carbocycles. The second-order valence-corrected chi connectivity index (χ2v) is 14.1. The summed E-state index contributed by atoms with van der Waals surface area (Å²) in [6, 6.07) is 4.70.